The third-order valence-corrected chi connectivity index (χ3v) is 5.34. The van der Waals surface area contributed by atoms with E-state index >= 15 is 0 Å². The van der Waals surface area contributed by atoms with Crippen LogP contribution in [0.5, 0.6) is 0 Å². The molecule has 0 unspecified atom stereocenters. The summed E-state index contributed by atoms with van der Waals surface area (Å²) in [5, 5.41) is 3.22. The van der Waals surface area contributed by atoms with Crippen molar-refractivity contribution < 1.29 is 8.42 Å². The van der Waals surface area contributed by atoms with Crippen molar-refractivity contribution in [3.05, 3.63) is 0 Å². The van der Waals surface area contributed by atoms with Gasteiger partial charge in [0.1, 0.15) is 0 Å². The number of hydrogen-bond donors (Lipinski definition) is 1. The largest absolute Gasteiger partial charge is 0.315 e. The minimum atomic E-state index is -3.24. The molecule has 1 saturated heterocycles. The molecule has 17 heavy (non-hydrogen) atoms. The fraction of sp³-hybridized carbons (Fsp3) is 1.00. The van der Waals surface area contributed by atoms with E-state index in [4.69, 9.17) is 0 Å². The number of hydrogen-bond acceptors (Lipinski definition) is 3. The lowest BCUT2D eigenvalue weighted by Crippen LogP contribution is -2.54. The van der Waals surface area contributed by atoms with Crippen molar-refractivity contribution in [2.24, 2.45) is 5.41 Å². The highest BCUT2D eigenvalue weighted by molar-refractivity contribution is 7.86. The van der Waals surface area contributed by atoms with Crippen LogP contribution in [0.4, 0.5) is 0 Å². The van der Waals surface area contributed by atoms with Crippen LogP contribution >= 0.6 is 0 Å². The summed E-state index contributed by atoms with van der Waals surface area (Å²) in [4.78, 5) is 0. The van der Waals surface area contributed by atoms with Gasteiger partial charge >= 0.3 is 0 Å². The van der Waals surface area contributed by atoms with Crippen LogP contribution in [0.2, 0.25) is 0 Å². The summed E-state index contributed by atoms with van der Waals surface area (Å²) < 4.78 is 27.3. The second-order valence-electron chi connectivity index (χ2n) is 5.75. The molecule has 0 aromatic heterocycles. The maximum absolute atomic E-state index is 12.1. The van der Waals surface area contributed by atoms with Crippen molar-refractivity contribution in [1.82, 2.24) is 13.9 Å². The van der Waals surface area contributed by atoms with E-state index in [-0.39, 0.29) is 11.5 Å². The highest BCUT2D eigenvalue weighted by Crippen LogP contribution is 2.23. The molecule has 1 heterocycles. The predicted molar refractivity (Wildman–Crippen MR) is 70.0 cm³/mol. The third kappa shape index (κ3) is 3.40. The van der Waals surface area contributed by atoms with Gasteiger partial charge in [-0.1, -0.05) is 20.8 Å². The first-order chi connectivity index (χ1) is 7.69. The molecule has 0 bridgehead atoms. The molecule has 1 fully saturated rings. The van der Waals surface area contributed by atoms with Crippen LogP contribution in [0, 0.1) is 5.41 Å². The second kappa shape index (κ2) is 5.22. The van der Waals surface area contributed by atoms with Gasteiger partial charge in [0.05, 0.1) is 0 Å². The van der Waals surface area contributed by atoms with E-state index in [1.807, 2.05) is 7.05 Å². The highest BCUT2D eigenvalue weighted by atomic mass is 32.2. The smallest absolute Gasteiger partial charge is 0.281 e. The fourth-order valence-corrected chi connectivity index (χ4v) is 3.54. The Hall–Kier alpha value is -0.170. The van der Waals surface area contributed by atoms with Gasteiger partial charge in [-0.15, -0.1) is 0 Å². The molecule has 1 aliphatic heterocycles. The summed E-state index contributed by atoms with van der Waals surface area (Å²) in [5.74, 6) is 0. The van der Waals surface area contributed by atoms with Crippen LogP contribution in [-0.4, -0.2) is 56.8 Å². The van der Waals surface area contributed by atoms with Gasteiger partial charge < -0.3 is 5.32 Å². The van der Waals surface area contributed by atoms with Crippen molar-refractivity contribution in [3.63, 3.8) is 0 Å². The minimum absolute atomic E-state index is 0.0420. The lowest BCUT2D eigenvalue weighted by molar-refractivity contribution is 0.214. The van der Waals surface area contributed by atoms with E-state index in [1.165, 1.54) is 4.31 Å². The second-order valence-corrected chi connectivity index (χ2v) is 7.78. The van der Waals surface area contributed by atoms with Gasteiger partial charge in [-0.25, -0.2) is 0 Å². The van der Waals surface area contributed by atoms with E-state index in [1.54, 1.807) is 11.4 Å². The van der Waals surface area contributed by atoms with Crippen molar-refractivity contribution >= 4 is 10.2 Å². The highest BCUT2D eigenvalue weighted by Gasteiger charge is 2.34. The molecule has 1 atom stereocenters. The van der Waals surface area contributed by atoms with Gasteiger partial charge in [-0.2, -0.15) is 17.0 Å². The molecule has 0 aromatic carbocycles. The summed E-state index contributed by atoms with van der Waals surface area (Å²) in [6.45, 7) is 8.14. The van der Waals surface area contributed by atoms with E-state index in [9.17, 15) is 8.42 Å². The monoisotopic (exact) mass is 263 g/mol. The molecule has 1 rings (SSSR count). The summed E-state index contributed by atoms with van der Waals surface area (Å²) in [6, 6.07) is 0.156. The van der Waals surface area contributed by atoms with Crippen molar-refractivity contribution in [3.8, 4) is 0 Å². The summed E-state index contributed by atoms with van der Waals surface area (Å²) >= 11 is 0. The van der Waals surface area contributed by atoms with E-state index < -0.39 is 10.2 Å². The number of nitrogens with one attached hydrogen (secondary N) is 1. The predicted octanol–water partition coefficient (Wildman–Crippen LogP) is 0.503. The Kier molecular flexibility index (Phi) is 4.57. The molecule has 0 aliphatic carbocycles. The zero-order chi connectivity index (χ0) is 13.3. The van der Waals surface area contributed by atoms with Crippen LogP contribution in [0.3, 0.4) is 0 Å². The van der Waals surface area contributed by atoms with Gasteiger partial charge in [-0.05, 0) is 18.9 Å². The third-order valence-electron chi connectivity index (χ3n) is 3.38. The van der Waals surface area contributed by atoms with Crippen molar-refractivity contribution in [2.45, 2.75) is 33.2 Å². The Labute approximate surface area is 105 Å². The van der Waals surface area contributed by atoms with Gasteiger partial charge in [0.2, 0.25) is 0 Å². The molecule has 6 heteroatoms. The molecular formula is C11H25N3O2S. The van der Waals surface area contributed by atoms with E-state index in [0.717, 1.165) is 6.42 Å². The molecule has 102 valence electrons. The lowest BCUT2D eigenvalue weighted by atomic mass is 9.87. The quantitative estimate of drug-likeness (QED) is 0.807. The first-order valence-corrected chi connectivity index (χ1v) is 7.48. The molecule has 1 aliphatic rings. The summed E-state index contributed by atoms with van der Waals surface area (Å²) in [5.41, 5.74) is 0.0420. The average molecular weight is 263 g/mol. The number of rotatable bonds is 3. The fourth-order valence-electron chi connectivity index (χ4n) is 2.08. The van der Waals surface area contributed by atoms with Gasteiger partial charge in [0.15, 0.2) is 0 Å². The van der Waals surface area contributed by atoms with Crippen molar-refractivity contribution in [2.75, 3.05) is 33.7 Å². The molecule has 5 nitrogen and oxygen atoms in total. The van der Waals surface area contributed by atoms with Gasteiger partial charge in [0.25, 0.3) is 10.2 Å². The van der Waals surface area contributed by atoms with Gasteiger partial charge in [0, 0.05) is 32.7 Å². The van der Waals surface area contributed by atoms with Crippen LogP contribution in [0.1, 0.15) is 27.2 Å². The summed E-state index contributed by atoms with van der Waals surface area (Å²) in [6.07, 6.45) is 0.899. The zero-order valence-electron chi connectivity index (χ0n) is 11.5. The number of likely N-dealkylation sites (N-methyl/N-ethyl adjacent to an activating group) is 1. The first-order valence-electron chi connectivity index (χ1n) is 6.08. The maximum atomic E-state index is 12.1. The number of nitrogens with zero attached hydrogens (tertiary/aromatic N) is 2. The average Bonchev–Trinajstić information content (AvgIpc) is 2.18. The Morgan fingerprint density at radius 2 is 1.88 bits per heavy atom. The normalized spacial score (nSPS) is 24.8. The molecule has 0 aromatic rings. The van der Waals surface area contributed by atoms with Crippen LogP contribution in [0.15, 0.2) is 0 Å². The Morgan fingerprint density at radius 3 is 2.35 bits per heavy atom. The molecule has 0 radical (unpaired) electrons. The Bertz CT molecular complexity index is 348. The standard InChI is InChI=1S/C11H25N3O2S/c1-11(2,3)10(12-4)9-14-8-6-7-13(5)17(14,15)16/h10,12H,6-9H2,1-5H3/t10-/m1/s1. The van der Waals surface area contributed by atoms with Crippen LogP contribution in [-0.2, 0) is 10.2 Å². The Morgan fingerprint density at radius 1 is 1.29 bits per heavy atom. The first kappa shape index (κ1) is 14.9. The SMILES string of the molecule is CN[C@H](CN1CCCN(C)S1(=O)=O)C(C)(C)C. The van der Waals surface area contributed by atoms with Crippen LogP contribution < -0.4 is 5.32 Å². The van der Waals surface area contributed by atoms with E-state index in [0.29, 0.717) is 19.6 Å². The topological polar surface area (TPSA) is 52.6 Å². The molecule has 1 N–H and O–H groups in total. The van der Waals surface area contributed by atoms with E-state index in [2.05, 4.69) is 26.1 Å². The summed E-state index contributed by atoms with van der Waals surface area (Å²) in [7, 11) is 0.290. The lowest BCUT2D eigenvalue weighted by Gasteiger charge is -2.38. The van der Waals surface area contributed by atoms with Crippen LogP contribution in [0.25, 0.3) is 0 Å². The van der Waals surface area contributed by atoms with Crippen molar-refractivity contribution in [1.29, 1.82) is 0 Å². The molecule has 0 spiro atoms. The Balaban J connectivity index is 2.80. The minimum Gasteiger partial charge on any atom is -0.315 e. The maximum Gasteiger partial charge on any atom is 0.281 e. The van der Waals surface area contributed by atoms with Gasteiger partial charge in [-0.3, -0.25) is 0 Å². The molecular weight excluding hydrogens is 238 g/mol. The molecule has 0 amide bonds. The zero-order valence-corrected chi connectivity index (χ0v) is 12.3. The molecule has 0 saturated carbocycles.